The number of aliphatic hydroxyl groups excluding tert-OH is 2. The maximum Gasteiger partial charge on any atom is 0.117 e. The molecule has 0 aliphatic carbocycles. The molecule has 0 radical (unpaired) electrons. The molecule has 0 aromatic heterocycles. The summed E-state index contributed by atoms with van der Waals surface area (Å²) in [6.07, 6.45) is 0. The van der Waals surface area contributed by atoms with Crippen molar-refractivity contribution in [2.24, 2.45) is 0 Å². The van der Waals surface area contributed by atoms with Crippen LogP contribution in [0.5, 0.6) is 0 Å². The smallest absolute Gasteiger partial charge is 0.117 e. The van der Waals surface area contributed by atoms with Crippen molar-refractivity contribution in [2.45, 2.75) is 6.92 Å². The van der Waals surface area contributed by atoms with Gasteiger partial charge in [-0.25, -0.2) is 0 Å². The summed E-state index contributed by atoms with van der Waals surface area (Å²) in [6, 6.07) is 7.62. The fourth-order valence-electron chi connectivity index (χ4n) is 1.03. The lowest BCUT2D eigenvalue weighted by Crippen LogP contribution is -2.24. The Bertz CT molecular complexity index is 246. The maximum absolute atomic E-state index is 8.84. The molecular weight excluding hydrogens is 154 g/mol. The van der Waals surface area contributed by atoms with E-state index in [0.29, 0.717) is 0 Å². The SMILES string of the molecule is Cc1cccc(N(CO)CO)c1. The number of rotatable bonds is 3. The molecule has 2 N–H and O–H groups in total. The van der Waals surface area contributed by atoms with E-state index < -0.39 is 0 Å². The topological polar surface area (TPSA) is 43.7 Å². The second-order valence-corrected chi connectivity index (χ2v) is 2.66. The number of benzene rings is 1. The molecule has 0 unspecified atom stereocenters. The van der Waals surface area contributed by atoms with E-state index in [2.05, 4.69) is 0 Å². The molecule has 0 bridgehead atoms. The molecule has 1 rings (SSSR count). The van der Waals surface area contributed by atoms with Crippen LogP contribution in [0.4, 0.5) is 5.69 Å². The molecule has 1 aromatic carbocycles. The Kier molecular flexibility index (Phi) is 3.08. The van der Waals surface area contributed by atoms with E-state index >= 15 is 0 Å². The molecule has 1 aromatic rings. The molecule has 0 spiro atoms. The summed E-state index contributed by atoms with van der Waals surface area (Å²) in [5.41, 5.74) is 1.94. The lowest BCUT2D eigenvalue weighted by molar-refractivity contribution is 0.223. The van der Waals surface area contributed by atoms with Gasteiger partial charge < -0.3 is 15.1 Å². The van der Waals surface area contributed by atoms with Crippen LogP contribution in [-0.2, 0) is 0 Å². The van der Waals surface area contributed by atoms with Gasteiger partial charge in [-0.15, -0.1) is 0 Å². The first kappa shape index (κ1) is 9.03. The molecule has 3 nitrogen and oxygen atoms in total. The van der Waals surface area contributed by atoms with Gasteiger partial charge in [0.2, 0.25) is 0 Å². The Labute approximate surface area is 71.9 Å². The minimum Gasteiger partial charge on any atom is -0.376 e. The molecule has 0 fully saturated rings. The van der Waals surface area contributed by atoms with Crippen molar-refractivity contribution in [1.29, 1.82) is 0 Å². The zero-order chi connectivity index (χ0) is 8.97. The quantitative estimate of drug-likeness (QED) is 0.651. The third-order valence-electron chi connectivity index (χ3n) is 1.71. The van der Waals surface area contributed by atoms with Crippen LogP contribution in [0.2, 0.25) is 0 Å². The van der Waals surface area contributed by atoms with Gasteiger partial charge in [0.25, 0.3) is 0 Å². The lowest BCUT2D eigenvalue weighted by atomic mass is 10.2. The highest BCUT2D eigenvalue weighted by molar-refractivity contribution is 5.47. The van der Waals surface area contributed by atoms with E-state index in [9.17, 15) is 0 Å². The third kappa shape index (κ3) is 1.96. The van der Waals surface area contributed by atoms with E-state index in [0.717, 1.165) is 11.3 Å². The molecule has 0 amide bonds. The van der Waals surface area contributed by atoms with Gasteiger partial charge in [0, 0.05) is 5.69 Å². The average Bonchev–Trinajstić information content (AvgIpc) is 2.07. The van der Waals surface area contributed by atoms with Gasteiger partial charge in [-0.3, -0.25) is 0 Å². The van der Waals surface area contributed by atoms with Crippen LogP contribution in [0.25, 0.3) is 0 Å². The van der Waals surface area contributed by atoms with Crippen molar-refractivity contribution >= 4 is 5.69 Å². The van der Waals surface area contributed by atoms with Crippen LogP contribution in [0.1, 0.15) is 5.56 Å². The van der Waals surface area contributed by atoms with E-state index in [1.54, 1.807) is 0 Å². The highest BCUT2D eigenvalue weighted by Crippen LogP contribution is 2.13. The second kappa shape index (κ2) is 4.09. The van der Waals surface area contributed by atoms with Crippen molar-refractivity contribution in [3.8, 4) is 0 Å². The summed E-state index contributed by atoms with van der Waals surface area (Å²) in [5.74, 6) is 0. The summed E-state index contributed by atoms with van der Waals surface area (Å²) in [5, 5.41) is 17.7. The van der Waals surface area contributed by atoms with Gasteiger partial charge in [0.1, 0.15) is 13.5 Å². The Morgan fingerprint density at radius 1 is 1.25 bits per heavy atom. The summed E-state index contributed by atoms with van der Waals surface area (Å²) in [6.45, 7) is 1.64. The first-order valence-electron chi connectivity index (χ1n) is 3.81. The van der Waals surface area contributed by atoms with E-state index in [1.807, 2.05) is 31.2 Å². The maximum atomic E-state index is 8.84. The van der Waals surface area contributed by atoms with Crippen LogP contribution in [0.3, 0.4) is 0 Å². The normalized spacial score (nSPS) is 9.92. The third-order valence-corrected chi connectivity index (χ3v) is 1.71. The Morgan fingerprint density at radius 2 is 1.92 bits per heavy atom. The minimum atomic E-state index is -0.167. The molecular formula is C9H13NO2. The summed E-state index contributed by atoms with van der Waals surface area (Å²) >= 11 is 0. The first-order chi connectivity index (χ1) is 5.77. The molecule has 0 atom stereocenters. The van der Waals surface area contributed by atoms with E-state index in [4.69, 9.17) is 10.2 Å². The largest absolute Gasteiger partial charge is 0.376 e. The highest BCUT2D eigenvalue weighted by Gasteiger charge is 2.01. The molecule has 0 saturated heterocycles. The fourth-order valence-corrected chi connectivity index (χ4v) is 1.03. The van der Waals surface area contributed by atoms with Gasteiger partial charge >= 0.3 is 0 Å². The fraction of sp³-hybridized carbons (Fsp3) is 0.333. The van der Waals surface area contributed by atoms with Gasteiger partial charge in [-0.1, -0.05) is 12.1 Å². The zero-order valence-electron chi connectivity index (χ0n) is 7.07. The van der Waals surface area contributed by atoms with Crippen LogP contribution < -0.4 is 4.90 Å². The number of hydrogen-bond donors (Lipinski definition) is 2. The standard InChI is InChI=1S/C9H13NO2/c1-8-3-2-4-9(5-8)10(6-11)7-12/h2-5,11-12H,6-7H2,1H3. The number of nitrogens with zero attached hydrogens (tertiary/aromatic N) is 1. The number of anilines is 1. The number of hydrogen-bond acceptors (Lipinski definition) is 3. The molecule has 0 heterocycles. The van der Waals surface area contributed by atoms with Crippen molar-refractivity contribution in [2.75, 3.05) is 18.4 Å². The van der Waals surface area contributed by atoms with E-state index in [1.165, 1.54) is 4.90 Å². The Balaban J connectivity index is 2.85. The van der Waals surface area contributed by atoms with Crippen molar-refractivity contribution in [3.63, 3.8) is 0 Å². The minimum absolute atomic E-state index is 0.167. The monoisotopic (exact) mass is 167 g/mol. The lowest BCUT2D eigenvalue weighted by Gasteiger charge is -2.18. The van der Waals surface area contributed by atoms with Crippen molar-refractivity contribution in [3.05, 3.63) is 29.8 Å². The number of aryl methyl sites for hydroxylation is 1. The van der Waals surface area contributed by atoms with Gasteiger partial charge in [-0.05, 0) is 24.6 Å². The van der Waals surface area contributed by atoms with Gasteiger partial charge in [0.15, 0.2) is 0 Å². The molecule has 66 valence electrons. The average molecular weight is 167 g/mol. The van der Waals surface area contributed by atoms with Crippen LogP contribution in [-0.4, -0.2) is 23.7 Å². The van der Waals surface area contributed by atoms with E-state index in [-0.39, 0.29) is 13.5 Å². The summed E-state index contributed by atoms with van der Waals surface area (Å²) in [7, 11) is 0. The number of aliphatic hydroxyl groups is 2. The van der Waals surface area contributed by atoms with Crippen molar-refractivity contribution < 1.29 is 10.2 Å². The zero-order valence-corrected chi connectivity index (χ0v) is 7.07. The van der Waals surface area contributed by atoms with Crippen LogP contribution in [0, 0.1) is 6.92 Å². The Hall–Kier alpha value is -1.06. The first-order valence-corrected chi connectivity index (χ1v) is 3.81. The molecule has 12 heavy (non-hydrogen) atoms. The van der Waals surface area contributed by atoms with Gasteiger partial charge in [0.05, 0.1) is 0 Å². The molecule has 3 heteroatoms. The van der Waals surface area contributed by atoms with Crippen LogP contribution >= 0.6 is 0 Å². The second-order valence-electron chi connectivity index (χ2n) is 2.66. The molecule has 0 saturated carbocycles. The summed E-state index contributed by atoms with van der Waals surface area (Å²) in [4.78, 5) is 1.47. The summed E-state index contributed by atoms with van der Waals surface area (Å²) < 4.78 is 0. The van der Waals surface area contributed by atoms with Crippen molar-refractivity contribution in [1.82, 2.24) is 0 Å². The molecule has 0 aliphatic heterocycles. The predicted octanol–water partition coefficient (Wildman–Crippen LogP) is 0.701. The molecule has 0 aliphatic rings. The van der Waals surface area contributed by atoms with Crippen LogP contribution in [0.15, 0.2) is 24.3 Å². The predicted molar refractivity (Wildman–Crippen MR) is 47.8 cm³/mol. The Morgan fingerprint density at radius 3 is 2.42 bits per heavy atom. The van der Waals surface area contributed by atoms with Gasteiger partial charge in [-0.2, -0.15) is 0 Å². The highest BCUT2D eigenvalue weighted by atomic mass is 16.3.